The van der Waals surface area contributed by atoms with Gasteiger partial charge in [-0.3, -0.25) is 9.59 Å². The summed E-state index contributed by atoms with van der Waals surface area (Å²) < 4.78 is 16.2. The summed E-state index contributed by atoms with van der Waals surface area (Å²) in [5.41, 5.74) is 2.39. The molecule has 0 radical (unpaired) electrons. The molecule has 0 aliphatic carbocycles. The summed E-state index contributed by atoms with van der Waals surface area (Å²) in [6.07, 6.45) is 0.808. The Balaban J connectivity index is 1.73. The summed E-state index contributed by atoms with van der Waals surface area (Å²) in [4.78, 5) is 30.4. The average Bonchev–Trinajstić information content (AvgIpc) is 3.29. The summed E-state index contributed by atoms with van der Waals surface area (Å²) in [5, 5.41) is 2.07. The van der Waals surface area contributed by atoms with Gasteiger partial charge in [0.2, 0.25) is 11.8 Å². The van der Waals surface area contributed by atoms with E-state index in [1.807, 2.05) is 17.0 Å². The van der Waals surface area contributed by atoms with Gasteiger partial charge in [-0.05, 0) is 47.0 Å². The number of nitrogens with zero attached hydrogens (tertiary/aromatic N) is 2. The molecule has 0 saturated heterocycles. The van der Waals surface area contributed by atoms with Crippen LogP contribution in [0, 0.1) is 0 Å². The zero-order valence-corrected chi connectivity index (χ0v) is 20.7. The van der Waals surface area contributed by atoms with Crippen molar-refractivity contribution < 1.29 is 23.8 Å². The number of fused-ring (bicyclic) bond motifs is 1. The van der Waals surface area contributed by atoms with E-state index >= 15 is 0 Å². The Bertz CT molecular complexity index is 912. The first kappa shape index (κ1) is 25.2. The van der Waals surface area contributed by atoms with Crippen molar-refractivity contribution in [1.29, 1.82) is 0 Å². The molecule has 180 valence electrons. The van der Waals surface area contributed by atoms with Crippen molar-refractivity contribution in [2.24, 2.45) is 0 Å². The van der Waals surface area contributed by atoms with Gasteiger partial charge in [-0.25, -0.2) is 0 Å². The van der Waals surface area contributed by atoms with Gasteiger partial charge in [-0.2, -0.15) is 0 Å². The number of hydrogen-bond acceptors (Lipinski definition) is 6. The van der Waals surface area contributed by atoms with E-state index in [1.165, 1.54) is 22.5 Å². The first-order chi connectivity index (χ1) is 15.9. The van der Waals surface area contributed by atoms with Crippen LogP contribution in [0.5, 0.6) is 5.75 Å². The smallest absolute Gasteiger partial charge is 0.249 e. The molecule has 2 heterocycles. The van der Waals surface area contributed by atoms with Gasteiger partial charge in [-0.1, -0.05) is 26.0 Å². The van der Waals surface area contributed by atoms with Gasteiger partial charge in [0.1, 0.15) is 19.0 Å². The SMILES string of the molecule is COCCN(CC(=O)N1CCc2sccc2[C@@H]1COc1ccc(C(C)C)cc1)C(=O)COC. The maximum absolute atomic E-state index is 13.4. The van der Waals surface area contributed by atoms with Gasteiger partial charge < -0.3 is 24.0 Å². The van der Waals surface area contributed by atoms with E-state index in [1.54, 1.807) is 18.4 Å². The van der Waals surface area contributed by atoms with Crippen LogP contribution in [0.25, 0.3) is 0 Å². The van der Waals surface area contributed by atoms with E-state index in [0.29, 0.717) is 32.2 Å². The first-order valence-corrected chi connectivity index (χ1v) is 12.2. The Morgan fingerprint density at radius 3 is 2.58 bits per heavy atom. The topological polar surface area (TPSA) is 68.3 Å². The van der Waals surface area contributed by atoms with Crippen LogP contribution in [0.2, 0.25) is 0 Å². The normalized spacial score (nSPS) is 15.4. The molecule has 0 unspecified atom stereocenters. The molecular formula is C25H34N2O5S. The number of benzene rings is 1. The fraction of sp³-hybridized carbons (Fsp3) is 0.520. The van der Waals surface area contributed by atoms with Crippen molar-refractivity contribution in [1.82, 2.24) is 9.80 Å². The van der Waals surface area contributed by atoms with Gasteiger partial charge in [0.25, 0.3) is 0 Å². The molecule has 0 saturated carbocycles. The van der Waals surface area contributed by atoms with Gasteiger partial charge >= 0.3 is 0 Å². The number of ether oxygens (including phenoxy) is 3. The predicted octanol–water partition coefficient (Wildman–Crippen LogP) is 3.50. The van der Waals surface area contributed by atoms with Gasteiger partial charge in [-0.15, -0.1) is 11.3 Å². The molecule has 0 fully saturated rings. The Kier molecular flexibility index (Phi) is 9.29. The summed E-state index contributed by atoms with van der Waals surface area (Å²) in [6, 6.07) is 10.0. The van der Waals surface area contributed by atoms with E-state index in [9.17, 15) is 9.59 Å². The zero-order chi connectivity index (χ0) is 23.8. The van der Waals surface area contributed by atoms with Crippen LogP contribution in [0.3, 0.4) is 0 Å². The number of methoxy groups -OCH3 is 2. The molecule has 0 spiro atoms. The molecule has 8 heteroatoms. The minimum Gasteiger partial charge on any atom is -0.491 e. The van der Waals surface area contributed by atoms with Gasteiger partial charge in [0, 0.05) is 32.2 Å². The maximum atomic E-state index is 13.4. The van der Waals surface area contributed by atoms with Crippen molar-refractivity contribution in [3.63, 3.8) is 0 Å². The zero-order valence-electron chi connectivity index (χ0n) is 19.9. The lowest BCUT2D eigenvalue weighted by atomic mass is 10.00. The molecular weight excluding hydrogens is 440 g/mol. The third kappa shape index (κ3) is 6.56. The monoisotopic (exact) mass is 474 g/mol. The van der Waals surface area contributed by atoms with E-state index < -0.39 is 0 Å². The third-order valence-corrected chi connectivity index (χ3v) is 6.88. The number of carbonyl (C=O) groups is 2. The van der Waals surface area contributed by atoms with Crippen molar-refractivity contribution >= 4 is 23.2 Å². The second-order valence-electron chi connectivity index (χ2n) is 8.43. The third-order valence-electron chi connectivity index (χ3n) is 5.88. The number of rotatable bonds is 11. The molecule has 2 aromatic rings. The number of carbonyl (C=O) groups excluding carboxylic acids is 2. The van der Waals surface area contributed by atoms with Crippen molar-refractivity contribution in [3.8, 4) is 5.75 Å². The Morgan fingerprint density at radius 1 is 1.15 bits per heavy atom. The molecule has 33 heavy (non-hydrogen) atoms. The van der Waals surface area contributed by atoms with Crippen LogP contribution in [0.1, 0.15) is 41.8 Å². The van der Waals surface area contributed by atoms with Crippen LogP contribution in [0.4, 0.5) is 0 Å². The molecule has 0 N–H and O–H groups in total. The highest BCUT2D eigenvalue weighted by Crippen LogP contribution is 2.34. The lowest BCUT2D eigenvalue weighted by Gasteiger charge is -2.37. The number of hydrogen-bond donors (Lipinski definition) is 0. The van der Waals surface area contributed by atoms with E-state index in [-0.39, 0.29) is 31.0 Å². The molecule has 7 nitrogen and oxygen atoms in total. The van der Waals surface area contributed by atoms with Crippen molar-refractivity contribution in [2.75, 3.05) is 53.7 Å². The van der Waals surface area contributed by atoms with Crippen LogP contribution in [-0.4, -0.2) is 75.3 Å². The molecule has 1 atom stereocenters. The minimum atomic E-state index is -0.228. The second kappa shape index (κ2) is 12.2. The molecule has 1 aliphatic heterocycles. The number of thiophene rings is 1. The maximum Gasteiger partial charge on any atom is 0.249 e. The highest BCUT2D eigenvalue weighted by atomic mass is 32.1. The fourth-order valence-electron chi connectivity index (χ4n) is 3.96. The highest BCUT2D eigenvalue weighted by Gasteiger charge is 2.33. The lowest BCUT2D eigenvalue weighted by Crippen LogP contribution is -2.49. The Morgan fingerprint density at radius 2 is 1.91 bits per heavy atom. The van der Waals surface area contributed by atoms with E-state index in [2.05, 4.69) is 37.4 Å². The summed E-state index contributed by atoms with van der Waals surface area (Å²) in [6.45, 7) is 5.90. The minimum absolute atomic E-state index is 0.00932. The second-order valence-corrected chi connectivity index (χ2v) is 9.43. The van der Waals surface area contributed by atoms with Gasteiger partial charge in [0.05, 0.1) is 19.2 Å². The molecule has 3 rings (SSSR count). The van der Waals surface area contributed by atoms with Crippen LogP contribution in [-0.2, 0) is 25.5 Å². The Hall–Kier alpha value is -2.42. The standard InChI is InChI=1S/C25H34N2O5S/c1-18(2)19-5-7-20(8-6-19)32-16-22-21-10-14-33-23(21)9-11-27(22)24(28)15-26(12-13-30-3)25(29)17-31-4/h5-8,10,14,18,22H,9,11-13,15-17H2,1-4H3/t22-/m0/s1. The molecule has 2 amide bonds. The van der Waals surface area contributed by atoms with Crippen LogP contribution in [0.15, 0.2) is 35.7 Å². The summed E-state index contributed by atoms with van der Waals surface area (Å²) >= 11 is 1.72. The largest absolute Gasteiger partial charge is 0.491 e. The summed E-state index contributed by atoms with van der Waals surface area (Å²) in [5.74, 6) is 0.914. The van der Waals surface area contributed by atoms with E-state index in [0.717, 1.165) is 17.7 Å². The highest BCUT2D eigenvalue weighted by molar-refractivity contribution is 7.10. The first-order valence-electron chi connectivity index (χ1n) is 11.3. The number of amides is 2. The average molecular weight is 475 g/mol. The molecule has 1 aliphatic rings. The van der Waals surface area contributed by atoms with Crippen LogP contribution >= 0.6 is 11.3 Å². The fourth-order valence-corrected chi connectivity index (χ4v) is 4.89. The molecule has 1 aromatic heterocycles. The summed E-state index contributed by atoms with van der Waals surface area (Å²) in [7, 11) is 3.04. The van der Waals surface area contributed by atoms with E-state index in [4.69, 9.17) is 14.2 Å². The predicted molar refractivity (Wildman–Crippen MR) is 129 cm³/mol. The quantitative estimate of drug-likeness (QED) is 0.499. The van der Waals surface area contributed by atoms with Crippen molar-refractivity contribution in [3.05, 3.63) is 51.7 Å². The lowest BCUT2D eigenvalue weighted by molar-refractivity contribution is -0.145. The molecule has 1 aromatic carbocycles. The molecule has 0 bridgehead atoms. The van der Waals surface area contributed by atoms with Crippen LogP contribution < -0.4 is 4.74 Å². The van der Waals surface area contributed by atoms with Gasteiger partial charge in [0.15, 0.2) is 0 Å². The van der Waals surface area contributed by atoms with Crippen molar-refractivity contribution in [2.45, 2.75) is 32.2 Å². The Labute approximate surface area is 200 Å².